The maximum atomic E-state index is 12.7. The first-order valence-electron chi connectivity index (χ1n) is 8.59. The fourth-order valence-electron chi connectivity index (χ4n) is 2.50. The van der Waals surface area contributed by atoms with E-state index in [0.717, 1.165) is 4.90 Å². The zero-order chi connectivity index (χ0) is 22.1. The summed E-state index contributed by atoms with van der Waals surface area (Å²) in [4.78, 5) is 35.5. The number of carboxylic acid groups (broad SMARTS) is 1. The molecular formula is C20H18ClN3O5S. The summed E-state index contributed by atoms with van der Waals surface area (Å²) in [6.45, 7) is -0.637. The quantitative estimate of drug-likeness (QED) is 0.212. The van der Waals surface area contributed by atoms with Gasteiger partial charge in [0.1, 0.15) is 6.54 Å². The van der Waals surface area contributed by atoms with Gasteiger partial charge in [0.05, 0.1) is 11.3 Å². The fourth-order valence-corrected chi connectivity index (χ4v) is 2.87. The van der Waals surface area contributed by atoms with Crippen molar-refractivity contribution in [3.63, 3.8) is 0 Å². The third-order valence-corrected chi connectivity index (χ3v) is 4.40. The molecule has 0 saturated heterocycles. The lowest BCUT2D eigenvalue weighted by molar-refractivity contribution is -0.137. The Balaban J connectivity index is 2.55. The number of nitrogens with zero attached hydrogens (tertiary/aromatic N) is 1. The van der Waals surface area contributed by atoms with Crippen LogP contribution in [0.1, 0.15) is 5.56 Å². The van der Waals surface area contributed by atoms with Gasteiger partial charge >= 0.3 is 5.97 Å². The van der Waals surface area contributed by atoms with Gasteiger partial charge in [-0.2, -0.15) is 0 Å². The molecule has 0 atom stereocenters. The zero-order valence-electron chi connectivity index (χ0n) is 15.5. The normalized spacial score (nSPS) is 11.1. The smallest absolute Gasteiger partial charge is 0.322 e. The van der Waals surface area contributed by atoms with Gasteiger partial charge in [-0.3, -0.25) is 19.3 Å². The van der Waals surface area contributed by atoms with Crippen molar-refractivity contribution in [2.45, 2.75) is 6.42 Å². The number of aliphatic hydroxyl groups excluding tert-OH is 1. The molecule has 0 heterocycles. The lowest BCUT2D eigenvalue weighted by Crippen LogP contribution is -2.41. The fraction of sp³-hybridized carbons (Fsp3) is 0.100. The van der Waals surface area contributed by atoms with Crippen molar-refractivity contribution in [2.24, 2.45) is 0 Å². The minimum atomic E-state index is -1.24. The number of thiocarbonyl (C=S) groups is 1. The van der Waals surface area contributed by atoms with Crippen molar-refractivity contribution in [1.29, 1.82) is 0 Å². The summed E-state index contributed by atoms with van der Waals surface area (Å²) in [5, 5.41) is 24.6. The summed E-state index contributed by atoms with van der Waals surface area (Å²) in [6.07, 6.45) is 0.311. The summed E-state index contributed by atoms with van der Waals surface area (Å²) < 4.78 is 0. The summed E-state index contributed by atoms with van der Waals surface area (Å²) in [5.74, 6) is -2.61. The topological polar surface area (TPSA) is 119 Å². The highest BCUT2D eigenvalue weighted by atomic mass is 35.5. The molecule has 0 spiro atoms. The Morgan fingerprint density at radius 2 is 1.70 bits per heavy atom. The first-order chi connectivity index (χ1) is 14.3. The molecule has 4 N–H and O–H groups in total. The van der Waals surface area contributed by atoms with Crippen molar-refractivity contribution in [3.05, 3.63) is 76.6 Å². The summed E-state index contributed by atoms with van der Waals surface area (Å²) in [7, 11) is 0. The highest BCUT2D eigenvalue weighted by Crippen LogP contribution is 2.24. The Kier molecular flexibility index (Phi) is 8.33. The van der Waals surface area contributed by atoms with Gasteiger partial charge < -0.3 is 20.8 Å². The maximum Gasteiger partial charge on any atom is 0.322 e. The molecule has 2 aromatic carbocycles. The predicted octanol–water partition coefficient (Wildman–Crippen LogP) is 2.39. The van der Waals surface area contributed by atoms with Crippen LogP contribution in [0.2, 0.25) is 5.02 Å². The Morgan fingerprint density at radius 3 is 2.27 bits per heavy atom. The number of aliphatic carboxylic acids is 1. The summed E-state index contributed by atoms with van der Waals surface area (Å²) in [5.41, 5.74) is 0.871. The molecule has 0 saturated carbocycles. The third-order valence-electron chi connectivity index (χ3n) is 3.85. The van der Waals surface area contributed by atoms with Crippen LogP contribution in [-0.2, 0) is 20.8 Å². The molecule has 30 heavy (non-hydrogen) atoms. The van der Waals surface area contributed by atoms with Crippen LogP contribution in [0, 0.1) is 0 Å². The van der Waals surface area contributed by atoms with Crippen LogP contribution in [0.25, 0.3) is 0 Å². The number of carboxylic acids is 1. The predicted molar refractivity (Wildman–Crippen MR) is 116 cm³/mol. The summed E-state index contributed by atoms with van der Waals surface area (Å²) in [6, 6.07) is 15.0. The van der Waals surface area contributed by atoms with Crippen LogP contribution in [0.3, 0.4) is 0 Å². The molecule has 0 fully saturated rings. The number of rotatable bonds is 8. The van der Waals surface area contributed by atoms with Gasteiger partial charge in [-0.1, -0.05) is 41.9 Å². The number of amides is 2. The summed E-state index contributed by atoms with van der Waals surface area (Å²) >= 11 is 11.1. The van der Waals surface area contributed by atoms with Crippen molar-refractivity contribution in [2.75, 3.05) is 11.4 Å². The Hall–Kier alpha value is -3.43. The van der Waals surface area contributed by atoms with Crippen molar-refractivity contribution in [3.8, 4) is 0 Å². The molecule has 0 aliphatic carbocycles. The lowest BCUT2D eigenvalue weighted by atomic mass is 10.0. The first kappa shape index (κ1) is 22.9. The highest BCUT2D eigenvalue weighted by molar-refractivity contribution is 7.80. The molecule has 0 aromatic heterocycles. The van der Waals surface area contributed by atoms with E-state index < -0.39 is 24.3 Å². The van der Waals surface area contributed by atoms with Crippen LogP contribution < -0.4 is 15.5 Å². The second-order valence-electron chi connectivity index (χ2n) is 5.92. The molecule has 10 heteroatoms. The maximum absolute atomic E-state index is 12.7. The molecule has 2 aromatic rings. The first-order valence-corrected chi connectivity index (χ1v) is 9.38. The van der Waals surface area contributed by atoms with Crippen molar-refractivity contribution < 1.29 is 24.6 Å². The number of aliphatic hydroxyl groups is 1. The molecule has 2 rings (SSSR count). The van der Waals surface area contributed by atoms with Crippen molar-refractivity contribution in [1.82, 2.24) is 10.6 Å². The molecule has 156 valence electrons. The molecule has 0 aliphatic rings. The molecule has 2 amide bonds. The van der Waals surface area contributed by atoms with E-state index in [1.807, 2.05) is 0 Å². The number of carbonyl (C=O) groups excluding carboxylic acids is 2. The number of halogens is 1. The van der Waals surface area contributed by atoms with E-state index in [1.54, 1.807) is 42.5 Å². The van der Waals surface area contributed by atoms with Gasteiger partial charge in [0.15, 0.2) is 5.11 Å². The van der Waals surface area contributed by atoms with Crippen molar-refractivity contribution >= 4 is 52.9 Å². The van der Waals surface area contributed by atoms with Crippen LogP contribution in [0.15, 0.2) is 66.1 Å². The highest BCUT2D eigenvalue weighted by Gasteiger charge is 2.25. The largest absolute Gasteiger partial charge is 0.494 e. The third kappa shape index (κ3) is 6.29. The number of nitrogens with one attached hydrogen (secondary N) is 2. The second-order valence-corrected chi connectivity index (χ2v) is 6.74. The molecule has 0 radical (unpaired) electrons. The Morgan fingerprint density at radius 1 is 1.07 bits per heavy atom. The lowest BCUT2D eigenvalue weighted by Gasteiger charge is -2.25. The molecule has 0 bridgehead atoms. The molecule has 8 nitrogen and oxygen atoms in total. The SMILES string of the molecule is O=CNC(=S)N(/C(O)=C(\Cc1ccccc1)C(=O)NCC(=O)O)c1ccc(Cl)cc1. The van der Waals surface area contributed by atoms with E-state index >= 15 is 0 Å². The minimum absolute atomic E-state index is 0.0219. The number of carbonyl (C=O) groups is 3. The van der Waals surface area contributed by atoms with E-state index in [1.165, 1.54) is 12.1 Å². The Labute approximate surface area is 182 Å². The van der Waals surface area contributed by atoms with Crippen LogP contribution in [-0.4, -0.2) is 40.2 Å². The monoisotopic (exact) mass is 447 g/mol. The average Bonchev–Trinajstić information content (AvgIpc) is 2.72. The van der Waals surface area contributed by atoms with Gasteiger partial charge in [-0.15, -0.1) is 0 Å². The number of hydrogen-bond acceptors (Lipinski definition) is 5. The molecule has 0 unspecified atom stereocenters. The standard InChI is InChI=1S/C20H18ClN3O5S/c21-14-6-8-15(9-7-14)24(20(30)23-12-25)19(29)16(18(28)22-11-17(26)27)10-13-4-2-1-3-5-13/h1-9,12,29H,10-11H2,(H,22,28)(H,26,27)(H,23,25,30)/b19-16-. The molecule has 0 aliphatic heterocycles. The number of benzene rings is 2. The van der Waals surface area contributed by atoms with Gasteiger partial charge in [0.2, 0.25) is 12.3 Å². The van der Waals surface area contributed by atoms with Crippen LogP contribution >= 0.6 is 23.8 Å². The Bertz CT molecular complexity index is 964. The van der Waals surface area contributed by atoms with E-state index in [2.05, 4.69) is 10.6 Å². The molecular weight excluding hydrogens is 430 g/mol. The zero-order valence-corrected chi connectivity index (χ0v) is 17.1. The minimum Gasteiger partial charge on any atom is -0.494 e. The van der Waals surface area contributed by atoms with E-state index in [-0.39, 0.29) is 17.1 Å². The van der Waals surface area contributed by atoms with Gasteiger partial charge in [0.25, 0.3) is 5.91 Å². The van der Waals surface area contributed by atoms with Gasteiger partial charge in [0, 0.05) is 11.4 Å². The van der Waals surface area contributed by atoms with Crippen LogP contribution in [0.4, 0.5) is 5.69 Å². The number of hydrogen-bond donors (Lipinski definition) is 4. The second kappa shape index (κ2) is 10.9. The van der Waals surface area contributed by atoms with Gasteiger partial charge in [-0.25, -0.2) is 0 Å². The van der Waals surface area contributed by atoms with E-state index in [0.29, 0.717) is 22.7 Å². The average molecular weight is 448 g/mol. The van der Waals surface area contributed by atoms with Gasteiger partial charge in [-0.05, 0) is 42.0 Å². The number of anilines is 1. The van der Waals surface area contributed by atoms with E-state index in [4.69, 9.17) is 28.9 Å². The van der Waals surface area contributed by atoms with E-state index in [9.17, 15) is 19.5 Å². The van der Waals surface area contributed by atoms with Crippen LogP contribution in [0.5, 0.6) is 0 Å².